The molecular formula is C24H23F3N6O7S3. The van der Waals surface area contributed by atoms with Gasteiger partial charge >= 0.3 is 12.1 Å². The normalized spacial score (nSPS) is 19.0. The lowest BCUT2D eigenvalue weighted by Gasteiger charge is -2.50. The minimum atomic E-state index is -4.38. The molecule has 2 aromatic rings. The van der Waals surface area contributed by atoms with E-state index < -0.39 is 59.2 Å². The Morgan fingerprint density at radius 2 is 2.00 bits per heavy atom. The summed E-state index contributed by atoms with van der Waals surface area (Å²) in [5.41, 5.74) is 3.40. The molecule has 2 aromatic heterocycles. The third-order valence-electron chi connectivity index (χ3n) is 6.02. The fourth-order valence-electron chi connectivity index (χ4n) is 3.81. The summed E-state index contributed by atoms with van der Waals surface area (Å²) in [7, 11) is 0. The highest BCUT2D eigenvalue weighted by Crippen LogP contribution is 2.41. The number of thioether (sulfide) groups is 2. The van der Waals surface area contributed by atoms with Crippen molar-refractivity contribution in [1.29, 1.82) is 0 Å². The molecule has 4 rings (SSSR count). The second-order valence-corrected chi connectivity index (χ2v) is 12.7. The van der Waals surface area contributed by atoms with Crippen molar-refractivity contribution in [3.8, 4) is 0 Å². The number of β-lactam (4-membered cyclic amide) rings is 1. The number of pyridine rings is 1. The van der Waals surface area contributed by atoms with Crippen LogP contribution in [-0.4, -0.2) is 79.2 Å². The number of nitrogens with one attached hydrogen (secondary N) is 1. The molecule has 19 heteroatoms. The van der Waals surface area contributed by atoms with E-state index in [0.29, 0.717) is 10.5 Å². The molecule has 0 aliphatic carbocycles. The van der Waals surface area contributed by atoms with E-state index >= 15 is 0 Å². The van der Waals surface area contributed by atoms with Crippen molar-refractivity contribution in [3.05, 3.63) is 46.9 Å². The molecule has 2 amide bonds. The van der Waals surface area contributed by atoms with Crippen molar-refractivity contribution < 1.29 is 52.0 Å². The van der Waals surface area contributed by atoms with Gasteiger partial charge in [0, 0.05) is 33.9 Å². The Hall–Kier alpha value is -3.84. The molecule has 230 valence electrons. The topological polar surface area (TPSA) is 191 Å². The molecular weight excluding hydrogens is 637 g/mol. The van der Waals surface area contributed by atoms with Crippen LogP contribution in [0.25, 0.3) is 0 Å². The summed E-state index contributed by atoms with van der Waals surface area (Å²) >= 11 is 3.35. The van der Waals surface area contributed by atoms with Gasteiger partial charge in [0.1, 0.15) is 17.1 Å². The van der Waals surface area contributed by atoms with Crippen LogP contribution in [0.1, 0.15) is 19.5 Å². The maximum Gasteiger partial charge on any atom is 0.448 e. The second kappa shape index (κ2) is 12.4. The van der Waals surface area contributed by atoms with Crippen molar-refractivity contribution in [2.75, 3.05) is 17.2 Å². The minimum Gasteiger partial charge on any atom is -0.543 e. The van der Waals surface area contributed by atoms with Crippen LogP contribution >= 0.6 is 34.9 Å². The molecule has 13 nitrogen and oxygen atoms in total. The van der Waals surface area contributed by atoms with Crippen LogP contribution in [0.2, 0.25) is 0 Å². The van der Waals surface area contributed by atoms with E-state index in [9.17, 15) is 42.6 Å². The predicted octanol–water partition coefficient (Wildman–Crippen LogP) is 0.355. The Labute approximate surface area is 254 Å². The standard InChI is InChI=1S/C24H23F3N6O7S3/c1-23(2,21(38)39)40-31-14(13-9-43-22(28)29-13)17(34)30-15-18(35)33-16(20(36)37)11(8-42-19(15)33)7-41-12-3-5-32(6-4-12)10-24(25,26)27/h3-6,9,15,19H,7-8,10H2,1-2H3,(H4-,28,29,30,34,36,37,38,39)/b31-14-/t15-,19-/m1/s1. The van der Waals surface area contributed by atoms with Crippen LogP contribution in [-0.2, 0) is 30.6 Å². The smallest absolute Gasteiger partial charge is 0.448 e. The third-order valence-corrected chi connectivity index (χ3v) is 9.13. The Kier molecular flexibility index (Phi) is 9.26. The van der Waals surface area contributed by atoms with Gasteiger partial charge in [-0.05, 0) is 19.4 Å². The molecule has 43 heavy (non-hydrogen) atoms. The highest BCUT2D eigenvalue weighted by Gasteiger charge is 2.53. The molecule has 0 unspecified atom stereocenters. The summed E-state index contributed by atoms with van der Waals surface area (Å²) in [5.74, 6) is -4.34. The molecule has 0 bridgehead atoms. The first-order valence-corrected chi connectivity index (χ1v) is 15.1. The number of carboxylic acids is 2. The first kappa shape index (κ1) is 32.1. The van der Waals surface area contributed by atoms with E-state index in [1.54, 1.807) is 0 Å². The van der Waals surface area contributed by atoms with Gasteiger partial charge < -0.3 is 30.9 Å². The number of nitrogens with two attached hydrogens (primary N) is 1. The zero-order chi connectivity index (χ0) is 31.7. The molecule has 0 aromatic carbocycles. The number of anilines is 1. The van der Waals surface area contributed by atoms with Gasteiger partial charge in [0.25, 0.3) is 11.8 Å². The number of thiazole rings is 1. The van der Waals surface area contributed by atoms with E-state index in [4.69, 9.17) is 10.6 Å². The first-order valence-electron chi connectivity index (χ1n) is 12.2. The van der Waals surface area contributed by atoms with Crippen LogP contribution in [0.5, 0.6) is 0 Å². The van der Waals surface area contributed by atoms with E-state index in [0.717, 1.165) is 20.8 Å². The van der Waals surface area contributed by atoms with Gasteiger partial charge in [0.15, 0.2) is 23.2 Å². The van der Waals surface area contributed by atoms with Crippen molar-refractivity contribution in [2.24, 2.45) is 5.16 Å². The summed E-state index contributed by atoms with van der Waals surface area (Å²) in [6, 6.07) is 1.77. The Bertz CT molecular complexity index is 1510. The predicted molar refractivity (Wildman–Crippen MR) is 146 cm³/mol. The molecule has 2 atom stereocenters. The second-order valence-electron chi connectivity index (χ2n) is 9.63. The SMILES string of the molecule is CC(C)(O/N=C(\C(=O)N[C@@H]1C(=O)N2C(C(=O)[O-])=C(CSc3cc[n+](CC(F)(F)F)cc3)CS[C@H]12)c1csc(N)n1)C(=O)O. The van der Waals surface area contributed by atoms with E-state index in [1.165, 1.54) is 67.3 Å². The average molecular weight is 661 g/mol. The fraction of sp³-hybridized carbons (Fsp3) is 0.375. The van der Waals surface area contributed by atoms with Gasteiger partial charge in [-0.1, -0.05) is 5.16 Å². The van der Waals surface area contributed by atoms with Gasteiger partial charge in [0.2, 0.25) is 12.1 Å². The van der Waals surface area contributed by atoms with Gasteiger partial charge in [0.05, 0.1) is 11.7 Å². The Balaban J connectivity index is 1.47. The molecule has 1 saturated heterocycles. The van der Waals surface area contributed by atoms with Crippen LogP contribution in [0.3, 0.4) is 0 Å². The number of carbonyl (C=O) groups excluding carboxylic acids is 3. The highest BCUT2D eigenvalue weighted by molar-refractivity contribution is 8.01. The fourth-order valence-corrected chi connectivity index (χ4v) is 6.73. The first-order chi connectivity index (χ1) is 20.1. The lowest BCUT2D eigenvalue weighted by molar-refractivity contribution is -0.719. The van der Waals surface area contributed by atoms with E-state index in [-0.39, 0.29) is 28.0 Å². The van der Waals surface area contributed by atoms with Gasteiger partial charge in [-0.3, -0.25) is 14.5 Å². The highest BCUT2D eigenvalue weighted by atomic mass is 32.2. The molecule has 4 heterocycles. The number of nitrogens with zero attached hydrogens (tertiary/aromatic N) is 4. The average Bonchev–Trinajstić information content (AvgIpc) is 3.35. The largest absolute Gasteiger partial charge is 0.543 e. The maximum absolute atomic E-state index is 13.2. The number of aliphatic carboxylic acids is 2. The van der Waals surface area contributed by atoms with Crippen molar-refractivity contribution in [3.63, 3.8) is 0 Å². The summed E-state index contributed by atoms with van der Waals surface area (Å²) in [4.78, 5) is 60.3. The molecule has 2 aliphatic rings. The lowest BCUT2D eigenvalue weighted by Crippen LogP contribution is -2.71. The molecule has 2 aliphatic heterocycles. The number of nitrogen functional groups attached to an aromatic ring is 1. The quantitative estimate of drug-likeness (QED) is 0.0991. The number of halogens is 3. The summed E-state index contributed by atoms with van der Waals surface area (Å²) in [6.45, 7) is 1.27. The number of alkyl halides is 3. The molecule has 0 radical (unpaired) electrons. The van der Waals surface area contributed by atoms with E-state index in [1.807, 2.05) is 0 Å². The summed E-state index contributed by atoms with van der Waals surface area (Å²) < 4.78 is 38.7. The molecule has 1 fully saturated rings. The van der Waals surface area contributed by atoms with Crippen LogP contribution in [0.15, 0.2) is 51.2 Å². The third kappa shape index (κ3) is 7.39. The molecule has 0 spiro atoms. The maximum atomic E-state index is 13.2. The lowest BCUT2D eigenvalue weighted by atomic mass is 10.0. The van der Waals surface area contributed by atoms with Crippen molar-refractivity contribution in [1.82, 2.24) is 15.2 Å². The minimum absolute atomic E-state index is 0.0272. The number of carbonyl (C=O) groups is 4. The van der Waals surface area contributed by atoms with E-state index in [2.05, 4.69) is 15.5 Å². The van der Waals surface area contributed by atoms with Gasteiger partial charge in [-0.15, -0.1) is 34.9 Å². The van der Waals surface area contributed by atoms with Crippen LogP contribution < -0.4 is 20.7 Å². The number of hydrogen-bond acceptors (Lipinski definition) is 12. The zero-order valence-electron chi connectivity index (χ0n) is 22.3. The van der Waals surface area contributed by atoms with Crippen LogP contribution in [0.4, 0.5) is 18.3 Å². The number of carboxylic acid groups (broad SMARTS) is 2. The number of aromatic nitrogens is 2. The summed E-state index contributed by atoms with van der Waals surface area (Å²) in [6.07, 6.45) is -1.86. The Morgan fingerprint density at radius 3 is 2.56 bits per heavy atom. The van der Waals surface area contributed by atoms with Crippen molar-refractivity contribution >= 4 is 69.5 Å². The number of rotatable bonds is 11. The number of fused-ring (bicyclic) bond motifs is 1. The number of oxime groups is 1. The molecule has 0 saturated carbocycles. The number of hydrogen-bond donors (Lipinski definition) is 3. The Morgan fingerprint density at radius 1 is 1.33 bits per heavy atom. The van der Waals surface area contributed by atoms with Gasteiger partial charge in [-0.2, -0.15) is 17.7 Å². The summed E-state index contributed by atoms with van der Waals surface area (Å²) in [5, 5.41) is 28.2. The monoisotopic (exact) mass is 660 g/mol. The van der Waals surface area contributed by atoms with Crippen molar-refractivity contribution in [2.45, 2.75) is 48.5 Å². The molecule has 4 N–H and O–H groups in total. The zero-order valence-corrected chi connectivity index (χ0v) is 24.7. The van der Waals surface area contributed by atoms with Gasteiger partial charge in [-0.25, -0.2) is 9.78 Å². The van der Waals surface area contributed by atoms with Crippen LogP contribution in [0, 0.1) is 0 Å². The number of amides is 2.